The third kappa shape index (κ3) is 4.08. The van der Waals surface area contributed by atoms with Crippen molar-refractivity contribution in [1.29, 1.82) is 0 Å². The van der Waals surface area contributed by atoms with Crippen molar-refractivity contribution in [1.82, 2.24) is 14.8 Å². The third-order valence-corrected chi connectivity index (χ3v) is 4.12. The molecule has 7 nitrogen and oxygen atoms in total. The van der Waals surface area contributed by atoms with Crippen LogP contribution in [0.1, 0.15) is 23.1 Å². The molecule has 3 aromatic rings. The van der Waals surface area contributed by atoms with Gasteiger partial charge >= 0.3 is 5.97 Å². The van der Waals surface area contributed by atoms with E-state index in [1.807, 2.05) is 6.92 Å². The van der Waals surface area contributed by atoms with Crippen molar-refractivity contribution >= 4 is 11.5 Å². The second-order valence-electron chi connectivity index (χ2n) is 6.09. The van der Waals surface area contributed by atoms with Crippen molar-refractivity contribution in [3.05, 3.63) is 90.5 Å². The Morgan fingerprint density at radius 1 is 1.10 bits per heavy atom. The van der Waals surface area contributed by atoms with Crippen LogP contribution in [-0.4, -0.2) is 36.1 Å². The predicted molar refractivity (Wildman–Crippen MR) is 110 cm³/mol. The van der Waals surface area contributed by atoms with Gasteiger partial charge in [-0.05, 0) is 49.4 Å². The van der Waals surface area contributed by atoms with E-state index in [1.165, 1.54) is 22.9 Å². The Morgan fingerprint density at radius 2 is 1.79 bits per heavy atom. The Bertz CT molecular complexity index is 1130. The summed E-state index contributed by atoms with van der Waals surface area (Å²) in [6.07, 6.45) is 5.15. The monoisotopic (exact) mass is 389 g/mol. The number of phenols is 1. The molecule has 0 aliphatic heterocycles. The molecular formula is C22H19N3O4. The minimum atomic E-state index is -1.04. The highest BCUT2D eigenvalue weighted by Crippen LogP contribution is 2.30. The molecule has 0 saturated heterocycles. The average Bonchev–Trinajstić information content (AvgIpc) is 3.13. The summed E-state index contributed by atoms with van der Waals surface area (Å²) in [6.45, 7) is 5.43. The molecule has 3 rings (SSSR count). The molecule has 0 amide bonds. The Labute approximate surface area is 167 Å². The summed E-state index contributed by atoms with van der Waals surface area (Å²) >= 11 is 0. The number of aliphatic hydroxyl groups excluding tert-OH is 1. The number of carboxylic acids is 1. The fraction of sp³-hybridized carbons (Fsp3) is 0.0455. The zero-order chi connectivity index (χ0) is 21.0. The fourth-order valence-corrected chi connectivity index (χ4v) is 2.68. The van der Waals surface area contributed by atoms with E-state index >= 15 is 0 Å². The van der Waals surface area contributed by atoms with E-state index in [2.05, 4.69) is 16.7 Å². The first kappa shape index (κ1) is 19.6. The second kappa shape index (κ2) is 8.26. The lowest BCUT2D eigenvalue weighted by Crippen LogP contribution is -2.05. The molecule has 7 heteroatoms. The van der Waals surface area contributed by atoms with Crippen molar-refractivity contribution in [2.24, 2.45) is 0 Å². The number of hydrogen-bond acceptors (Lipinski definition) is 5. The summed E-state index contributed by atoms with van der Waals surface area (Å²) < 4.78 is 1.46. The zero-order valence-electron chi connectivity index (χ0n) is 15.6. The van der Waals surface area contributed by atoms with E-state index in [9.17, 15) is 15.0 Å². The Balaban J connectivity index is 2.23. The molecule has 1 aromatic heterocycles. The summed E-state index contributed by atoms with van der Waals surface area (Å²) in [4.78, 5) is 15.6. The van der Waals surface area contributed by atoms with Gasteiger partial charge in [-0.1, -0.05) is 30.9 Å². The molecule has 0 atom stereocenters. The lowest BCUT2D eigenvalue weighted by Gasteiger charge is -2.08. The van der Waals surface area contributed by atoms with E-state index in [4.69, 9.17) is 5.11 Å². The minimum absolute atomic E-state index is 0.0132. The quantitative estimate of drug-likeness (QED) is 0.427. The van der Waals surface area contributed by atoms with Crippen molar-refractivity contribution in [2.45, 2.75) is 6.92 Å². The van der Waals surface area contributed by atoms with Crippen LogP contribution in [0.3, 0.4) is 0 Å². The average molecular weight is 389 g/mol. The van der Waals surface area contributed by atoms with Crippen LogP contribution in [0.25, 0.3) is 22.6 Å². The van der Waals surface area contributed by atoms with Gasteiger partial charge in [-0.25, -0.2) is 14.5 Å². The van der Waals surface area contributed by atoms with Crippen molar-refractivity contribution in [3.63, 3.8) is 0 Å². The van der Waals surface area contributed by atoms with E-state index in [0.717, 1.165) is 0 Å². The SMILES string of the molecule is C=C(O)/C(=C\C=C/C)c1nc(-c2ccccc2O)nn1-c1ccc(C(=O)O)cc1. The van der Waals surface area contributed by atoms with Crippen LogP contribution < -0.4 is 0 Å². The second-order valence-corrected chi connectivity index (χ2v) is 6.09. The summed E-state index contributed by atoms with van der Waals surface area (Å²) in [5.74, 6) is -0.699. The number of rotatable bonds is 6. The number of carbonyl (C=O) groups is 1. The first-order valence-electron chi connectivity index (χ1n) is 8.73. The molecule has 0 fully saturated rings. The Kier molecular flexibility index (Phi) is 5.59. The zero-order valence-corrected chi connectivity index (χ0v) is 15.6. The molecule has 0 radical (unpaired) electrons. The highest BCUT2D eigenvalue weighted by Gasteiger charge is 2.20. The molecule has 0 aliphatic rings. The number of aliphatic hydroxyl groups is 1. The number of allylic oxidation sites excluding steroid dienone is 4. The molecule has 0 aliphatic carbocycles. The number of phenolic OH excluding ortho intramolecular Hbond substituents is 1. The Morgan fingerprint density at radius 3 is 2.38 bits per heavy atom. The van der Waals surface area contributed by atoms with Crippen molar-refractivity contribution in [3.8, 4) is 22.8 Å². The van der Waals surface area contributed by atoms with Crippen LogP contribution in [0.15, 0.2) is 79.1 Å². The van der Waals surface area contributed by atoms with E-state index in [-0.39, 0.29) is 28.7 Å². The number of benzene rings is 2. The highest BCUT2D eigenvalue weighted by molar-refractivity contribution is 5.87. The van der Waals surface area contributed by atoms with Crippen molar-refractivity contribution in [2.75, 3.05) is 0 Å². The fourth-order valence-electron chi connectivity index (χ4n) is 2.68. The van der Waals surface area contributed by atoms with Gasteiger partial charge in [0.1, 0.15) is 11.5 Å². The number of nitrogens with zero attached hydrogens (tertiary/aromatic N) is 3. The molecule has 146 valence electrons. The van der Waals surface area contributed by atoms with Gasteiger partial charge in [-0.2, -0.15) is 0 Å². The summed E-state index contributed by atoms with van der Waals surface area (Å²) in [5.41, 5.74) is 1.42. The number of aromatic carboxylic acids is 1. The van der Waals surface area contributed by atoms with Crippen LogP contribution >= 0.6 is 0 Å². The van der Waals surface area contributed by atoms with E-state index in [0.29, 0.717) is 16.8 Å². The molecule has 2 aromatic carbocycles. The maximum atomic E-state index is 11.1. The smallest absolute Gasteiger partial charge is 0.335 e. The van der Waals surface area contributed by atoms with Crippen molar-refractivity contribution < 1.29 is 20.1 Å². The third-order valence-electron chi connectivity index (χ3n) is 4.12. The first-order valence-corrected chi connectivity index (χ1v) is 8.73. The number of para-hydroxylation sites is 1. The van der Waals surface area contributed by atoms with Crippen LogP contribution in [0.5, 0.6) is 5.75 Å². The van der Waals surface area contributed by atoms with Crippen LogP contribution in [-0.2, 0) is 0 Å². The molecular weight excluding hydrogens is 370 g/mol. The number of carboxylic acid groups (broad SMARTS) is 1. The van der Waals surface area contributed by atoms with Gasteiger partial charge in [-0.15, -0.1) is 5.10 Å². The van der Waals surface area contributed by atoms with Gasteiger partial charge < -0.3 is 15.3 Å². The largest absolute Gasteiger partial charge is 0.508 e. The van der Waals surface area contributed by atoms with Crippen LogP contribution in [0.4, 0.5) is 0 Å². The summed E-state index contributed by atoms with van der Waals surface area (Å²) in [6, 6.07) is 12.7. The molecule has 29 heavy (non-hydrogen) atoms. The molecule has 3 N–H and O–H groups in total. The molecule has 0 bridgehead atoms. The maximum absolute atomic E-state index is 11.1. The normalized spacial score (nSPS) is 11.7. The lowest BCUT2D eigenvalue weighted by molar-refractivity contribution is 0.0697. The van der Waals surface area contributed by atoms with Gasteiger partial charge in [0, 0.05) is 0 Å². The van der Waals surface area contributed by atoms with Crippen LogP contribution in [0, 0.1) is 0 Å². The predicted octanol–water partition coefficient (Wildman–Crippen LogP) is 4.37. The number of hydrogen-bond donors (Lipinski definition) is 3. The van der Waals surface area contributed by atoms with E-state index < -0.39 is 5.97 Å². The maximum Gasteiger partial charge on any atom is 0.335 e. The summed E-state index contributed by atoms with van der Waals surface area (Å²) in [5, 5.41) is 33.9. The number of aromatic nitrogens is 3. The number of aromatic hydroxyl groups is 1. The molecule has 1 heterocycles. The van der Waals surface area contributed by atoms with Crippen LogP contribution in [0.2, 0.25) is 0 Å². The highest BCUT2D eigenvalue weighted by atomic mass is 16.4. The van der Waals surface area contributed by atoms with E-state index in [1.54, 1.807) is 48.6 Å². The van der Waals surface area contributed by atoms with Gasteiger partial charge in [0.2, 0.25) is 0 Å². The minimum Gasteiger partial charge on any atom is -0.508 e. The first-order chi connectivity index (χ1) is 13.9. The summed E-state index contributed by atoms with van der Waals surface area (Å²) in [7, 11) is 0. The molecule has 0 unspecified atom stereocenters. The van der Waals surface area contributed by atoms with Gasteiger partial charge in [-0.3, -0.25) is 0 Å². The van der Waals surface area contributed by atoms with Gasteiger partial charge in [0.05, 0.1) is 22.4 Å². The van der Waals surface area contributed by atoms with Gasteiger partial charge in [0.25, 0.3) is 0 Å². The standard InChI is InChI=1S/C22H19N3O4/c1-3-4-7-17(14(2)26)21-23-20(18-8-5-6-9-19(18)27)24-25(21)16-12-10-15(11-13-16)22(28)29/h3-13,26-27H,2H2,1H3,(H,28,29)/b4-3-,17-7+. The lowest BCUT2D eigenvalue weighted by atomic mass is 10.1. The Hall–Kier alpha value is -4.13. The topological polar surface area (TPSA) is 108 Å². The molecule has 0 saturated carbocycles. The van der Waals surface area contributed by atoms with Gasteiger partial charge in [0.15, 0.2) is 11.6 Å². The molecule has 0 spiro atoms.